The molecule has 1 fully saturated rings. The first-order chi connectivity index (χ1) is 10.0. The Balaban J connectivity index is 2.08. The first-order valence-corrected chi connectivity index (χ1v) is 9.13. The Labute approximate surface area is 133 Å². The van der Waals surface area contributed by atoms with Gasteiger partial charge in [-0.25, -0.2) is 4.98 Å². The zero-order valence-electron chi connectivity index (χ0n) is 14.0. The second-order valence-electron chi connectivity index (χ2n) is 6.90. The van der Waals surface area contributed by atoms with Gasteiger partial charge in [0.25, 0.3) is 0 Å². The molecule has 0 atom stereocenters. The smallest absolute Gasteiger partial charge is 0.125 e. The lowest BCUT2D eigenvalue weighted by atomic mass is 9.71. The highest BCUT2D eigenvalue weighted by Gasteiger charge is 2.42. The van der Waals surface area contributed by atoms with Crippen LogP contribution in [0.4, 0.5) is 0 Å². The molecule has 4 heteroatoms. The average Bonchev–Trinajstić information content (AvgIpc) is 2.91. The van der Waals surface area contributed by atoms with Gasteiger partial charge in [0, 0.05) is 24.2 Å². The minimum Gasteiger partial charge on any atom is -0.368 e. The van der Waals surface area contributed by atoms with Gasteiger partial charge in [-0.2, -0.15) is 0 Å². The van der Waals surface area contributed by atoms with Crippen molar-refractivity contribution >= 4 is 11.3 Å². The third-order valence-corrected chi connectivity index (χ3v) is 5.68. The van der Waals surface area contributed by atoms with E-state index in [2.05, 4.69) is 33.0 Å². The van der Waals surface area contributed by atoms with E-state index in [1.807, 2.05) is 17.5 Å². The first-order valence-electron chi connectivity index (χ1n) is 8.31. The fourth-order valence-corrected chi connectivity index (χ4v) is 4.10. The van der Waals surface area contributed by atoms with Crippen LogP contribution in [0.25, 0.3) is 0 Å². The molecule has 0 amide bonds. The van der Waals surface area contributed by atoms with Crippen molar-refractivity contribution in [2.75, 3.05) is 13.2 Å². The van der Waals surface area contributed by atoms with Gasteiger partial charge in [-0.1, -0.05) is 20.8 Å². The predicted molar refractivity (Wildman–Crippen MR) is 89.7 cm³/mol. The number of hydrogen-bond donors (Lipinski definition) is 1. The maximum atomic E-state index is 6.22. The van der Waals surface area contributed by atoms with Gasteiger partial charge >= 0.3 is 0 Å². The molecule has 1 heterocycles. The molecule has 120 valence electrons. The SMILES string of the molecule is CCCNCc1cnc(C2(OCC)CCC(C)(C)CC2)s1. The molecule has 0 saturated heterocycles. The molecule has 1 saturated carbocycles. The molecule has 1 aliphatic rings. The van der Waals surface area contributed by atoms with Crippen LogP contribution in [0.3, 0.4) is 0 Å². The molecule has 0 aliphatic heterocycles. The molecule has 0 aromatic carbocycles. The molecule has 0 spiro atoms. The zero-order chi connectivity index (χ0) is 15.3. The normalized spacial score (nSPS) is 20.6. The van der Waals surface area contributed by atoms with Crippen LogP contribution in [0.15, 0.2) is 6.20 Å². The van der Waals surface area contributed by atoms with Crippen molar-refractivity contribution in [2.45, 2.75) is 71.9 Å². The summed E-state index contributed by atoms with van der Waals surface area (Å²) in [6.07, 6.45) is 7.84. The van der Waals surface area contributed by atoms with E-state index in [-0.39, 0.29) is 5.60 Å². The van der Waals surface area contributed by atoms with Gasteiger partial charge in [0.1, 0.15) is 10.6 Å². The number of hydrogen-bond acceptors (Lipinski definition) is 4. The lowest BCUT2D eigenvalue weighted by Gasteiger charge is -2.42. The van der Waals surface area contributed by atoms with Crippen LogP contribution in [0.2, 0.25) is 0 Å². The second kappa shape index (κ2) is 7.21. The summed E-state index contributed by atoms with van der Waals surface area (Å²) in [5.74, 6) is 0. The average molecular weight is 311 g/mol. The van der Waals surface area contributed by atoms with E-state index >= 15 is 0 Å². The Kier molecular flexibility index (Phi) is 5.81. The summed E-state index contributed by atoms with van der Waals surface area (Å²) >= 11 is 1.83. The maximum Gasteiger partial charge on any atom is 0.125 e. The molecule has 1 N–H and O–H groups in total. The Morgan fingerprint density at radius 1 is 1.24 bits per heavy atom. The quantitative estimate of drug-likeness (QED) is 0.754. The van der Waals surface area contributed by atoms with E-state index in [9.17, 15) is 0 Å². The molecule has 3 nitrogen and oxygen atoms in total. The molecule has 21 heavy (non-hydrogen) atoms. The fraction of sp³-hybridized carbons (Fsp3) is 0.824. The Hall–Kier alpha value is -0.450. The number of nitrogens with zero attached hydrogens (tertiary/aromatic N) is 1. The van der Waals surface area contributed by atoms with Crippen molar-refractivity contribution < 1.29 is 4.74 Å². The lowest BCUT2D eigenvalue weighted by molar-refractivity contribution is -0.0890. The highest BCUT2D eigenvalue weighted by molar-refractivity contribution is 7.11. The maximum absolute atomic E-state index is 6.22. The molecule has 1 aromatic heterocycles. The summed E-state index contributed by atoms with van der Waals surface area (Å²) in [7, 11) is 0. The summed E-state index contributed by atoms with van der Waals surface area (Å²) < 4.78 is 6.22. The van der Waals surface area contributed by atoms with Crippen molar-refractivity contribution in [3.05, 3.63) is 16.1 Å². The summed E-state index contributed by atoms with van der Waals surface area (Å²) in [5, 5.41) is 4.64. The first kappa shape index (κ1) is 16.9. The van der Waals surface area contributed by atoms with Crippen LogP contribution >= 0.6 is 11.3 Å². The summed E-state index contributed by atoms with van der Waals surface area (Å²) in [6, 6.07) is 0. The minimum atomic E-state index is -0.127. The highest BCUT2D eigenvalue weighted by Crippen LogP contribution is 2.48. The molecule has 0 radical (unpaired) electrons. The van der Waals surface area contributed by atoms with Gasteiger partial charge in [-0.05, 0) is 51.0 Å². The van der Waals surface area contributed by atoms with Crippen LogP contribution in [0.1, 0.15) is 69.7 Å². The Bertz CT molecular complexity index is 432. The van der Waals surface area contributed by atoms with E-state index in [4.69, 9.17) is 9.72 Å². The summed E-state index contributed by atoms with van der Waals surface area (Å²) in [6.45, 7) is 11.8. The van der Waals surface area contributed by atoms with Crippen molar-refractivity contribution in [1.29, 1.82) is 0 Å². The van der Waals surface area contributed by atoms with Crippen molar-refractivity contribution in [3.63, 3.8) is 0 Å². The molecular weight excluding hydrogens is 280 g/mol. The molecule has 0 unspecified atom stereocenters. The number of thiazole rings is 1. The Morgan fingerprint density at radius 2 is 1.95 bits per heavy atom. The van der Waals surface area contributed by atoms with E-state index < -0.39 is 0 Å². The zero-order valence-corrected chi connectivity index (χ0v) is 14.8. The van der Waals surface area contributed by atoms with Crippen molar-refractivity contribution in [1.82, 2.24) is 10.3 Å². The van der Waals surface area contributed by atoms with Gasteiger partial charge in [0.2, 0.25) is 0 Å². The highest BCUT2D eigenvalue weighted by atomic mass is 32.1. The summed E-state index contributed by atoms with van der Waals surface area (Å²) in [5.41, 5.74) is 0.321. The minimum absolute atomic E-state index is 0.127. The number of aromatic nitrogens is 1. The summed E-state index contributed by atoms with van der Waals surface area (Å²) in [4.78, 5) is 6.03. The van der Waals surface area contributed by atoms with E-state index in [1.54, 1.807) is 0 Å². The monoisotopic (exact) mass is 310 g/mol. The molecule has 1 aromatic rings. The second-order valence-corrected chi connectivity index (χ2v) is 8.02. The van der Waals surface area contributed by atoms with Gasteiger partial charge in [0.15, 0.2) is 0 Å². The van der Waals surface area contributed by atoms with Crippen LogP contribution in [-0.2, 0) is 16.9 Å². The third-order valence-electron chi connectivity index (χ3n) is 4.50. The van der Waals surface area contributed by atoms with Gasteiger partial charge < -0.3 is 10.1 Å². The Morgan fingerprint density at radius 3 is 2.57 bits per heavy atom. The predicted octanol–water partition coefficient (Wildman–Crippen LogP) is 4.47. The largest absolute Gasteiger partial charge is 0.368 e. The van der Waals surface area contributed by atoms with E-state index in [0.717, 1.165) is 32.5 Å². The fourth-order valence-electron chi connectivity index (χ4n) is 3.02. The number of ether oxygens (including phenoxy) is 1. The third kappa shape index (κ3) is 4.27. The topological polar surface area (TPSA) is 34.2 Å². The van der Waals surface area contributed by atoms with Crippen LogP contribution in [-0.4, -0.2) is 18.1 Å². The standard InChI is InChI=1S/C17H30N2OS/c1-5-11-18-12-14-13-19-15(21-14)17(20-6-2)9-7-16(3,4)8-10-17/h13,18H,5-12H2,1-4H3. The van der Waals surface area contributed by atoms with E-state index in [1.165, 1.54) is 29.1 Å². The number of nitrogens with one attached hydrogen (secondary N) is 1. The molecular formula is C17H30N2OS. The molecule has 0 bridgehead atoms. The molecule has 2 rings (SSSR count). The van der Waals surface area contributed by atoms with E-state index in [0.29, 0.717) is 5.41 Å². The van der Waals surface area contributed by atoms with Crippen molar-refractivity contribution in [3.8, 4) is 0 Å². The van der Waals surface area contributed by atoms with Gasteiger partial charge in [-0.15, -0.1) is 11.3 Å². The number of rotatable bonds is 7. The van der Waals surface area contributed by atoms with Crippen LogP contribution in [0.5, 0.6) is 0 Å². The van der Waals surface area contributed by atoms with Crippen molar-refractivity contribution in [2.24, 2.45) is 5.41 Å². The van der Waals surface area contributed by atoms with Gasteiger partial charge in [0.05, 0.1) is 0 Å². The molecule has 1 aliphatic carbocycles. The lowest BCUT2D eigenvalue weighted by Crippen LogP contribution is -2.37. The van der Waals surface area contributed by atoms with Crippen LogP contribution < -0.4 is 5.32 Å². The van der Waals surface area contributed by atoms with Gasteiger partial charge in [-0.3, -0.25) is 0 Å². The van der Waals surface area contributed by atoms with Crippen LogP contribution in [0, 0.1) is 5.41 Å².